The number of nitrogen functional groups attached to an aromatic ring is 1. The fourth-order valence-electron chi connectivity index (χ4n) is 3.18. The summed E-state index contributed by atoms with van der Waals surface area (Å²) < 4.78 is 31.9. The summed E-state index contributed by atoms with van der Waals surface area (Å²) in [6, 6.07) is 5.60. The summed E-state index contributed by atoms with van der Waals surface area (Å²) in [4.78, 5) is 0. The molecule has 126 valence electrons. The van der Waals surface area contributed by atoms with E-state index < -0.39 is 10.0 Å². The number of nitrogens with two attached hydrogens (primary N) is 1. The predicted octanol–water partition coefficient (Wildman–Crippen LogP) is 2.39. The Labute approximate surface area is 138 Å². The average Bonchev–Trinajstić information content (AvgIpc) is 2.58. The lowest BCUT2D eigenvalue weighted by Gasteiger charge is -2.26. The number of ether oxygens (including phenoxy) is 1. The van der Waals surface area contributed by atoms with Crippen LogP contribution in [0.2, 0.25) is 0 Å². The number of hydrogen-bond acceptors (Lipinski definition) is 4. The minimum atomic E-state index is -3.30. The summed E-state index contributed by atoms with van der Waals surface area (Å²) in [6.45, 7) is 1.82. The van der Waals surface area contributed by atoms with Crippen molar-refractivity contribution >= 4 is 21.3 Å². The molecule has 1 aromatic rings. The highest BCUT2D eigenvalue weighted by Gasteiger charge is 2.25. The topological polar surface area (TPSA) is 72.6 Å². The van der Waals surface area contributed by atoms with Crippen LogP contribution in [0.1, 0.15) is 36.8 Å². The van der Waals surface area contributed by atoms with Crippen LogP contribution in [-0.4, -0.2) is 39.0 Å². The quantitative estimate of drug-likeness (QED) is 0.857. The second-order valence-corrected chi connectivity index (χ2v) is 8.13. The molecule has 0 bridgehead atoms. The molecule has 2 aliphatic rings. The zero-order valence-electron chi connectivity index (χ0n) is 13.3. The monoisotopic (exact) mass is 336 g/mol. The highest BCUT2D eigenvalue weighted by Crippen LogP contribution is 2.31. The van der Waals surface area contributed by atoms with E-state index in [-0.39, 0.29) is 5.75 Å². The minimum Gasteiger partial charge on any atom is -0.398 e. The molecule has 1 aliphatic heterocycles. The summed E-state index contributed by atoms with van der Waals surface area (Å²) in [5, 5.41) is 0. The van der Waals surface area contributed by atoms with Crippen molar-refractivity contribution in [3.05, 3.63) is 35.4 Å². The molecule has 6 heteroatoms. The summed E-state index contributed by atoms with van der Waals surface area (Å²) in [6.07, 6.45) is 6.71. The van der Waals surface area contributed by atoms with Crippen LogP contribution in [0.15, 0.2) is 24.3 Å². The average molecular weight is 336 g/mol. The van der Waals surface area contributed by atoms with Gasteiger partial charge in [-0.2, -0.15) is 4.31 Å². The van der Waals surface area contributed by atoms with Crippen molar-refractivity contribution in [2.24, 2.45) is 0 Å². The Balaban J connectivity index is 1.81. The zero-order chi connectivity index (χ0) is 16.3. The van der Waals surface area contributed by atoms with Crippen LogP contribution in [0.25, 0.3) is 5.57 Å². The summed E-state index contributed by atoms with van der Waals surface area (Å²) in [7, 11) is -3.30. The van der Waals surface area contributed by atoms with E-state index in [2.05, 4.69) is 6.08 Å². The molecule has 1 heterocycles. The number of rotatable bonds is 4. The molecule has 0 atom stereocenters. The summed E-state index contributed by atoms with van der Waals surface area (Å²) >= 11 is 0. The van der Waals surface area contributed by atoms with Crippen molar-refractivity contribution in [1.29, 1.82) is 0 Å². The molecule has 1 aliphatic carbocycles. The van der Waals surface area contributed by atoms with Gasteiger partial charge in [0, 0.05) is 24.3 Å². The van der Waals surface area contributed by atoms with Crippen molar-refractivity contribution in [2.75, 3.05) is 32.0 Å². The van der Waals surface area contributed by atoms with E-state index in [9.17, 15) is 8.42 Å². The first-order valence-corrected chi connectivity index (χ1v) is 9.80. The molecule has 1 fully saturated rings. The minimum absolute atomic E-state index is 0.0214. The fraction of sp³-hybridized carbons (Fsp3) is 0.529. The van der Waals surface area contributed by atoms with Gasteiger partial charge in [-0.05, 0) is 49.0 Å². The molecule has 0 radical (unpaired) electrons. The Bertz CT molecular complexity index is 692. The smallest absolute Gasteiger partial charge is 0.218 e. The van der Waals surface area contributed by atoms with Crippen LogP contribution in [0, 0.1) is 0 Å². The van der Waals surface area contributed by atoms with E-state index in [4.69, 9.17) is 10.5 Å². The van der Waals surface area contributed by atoms with Crippen molar-refractivity contribution in [2.45, 2.75) is 31.4 Å². The van der Waals surface area contributed by atoms with E-state index in [1.165, 1.54) is 22.7 Å². The van der Waals surface area contributed by atoms with Crippen LogP contribution in [0.5, 0.6) is 0 Å². The van der Waals surface area contributed by atoms with Gasteiger partial charge < -0.3 is 10.5 Å². The van der Waals surface area contributed by atoms with Crippen LogP contribution in [0.4, 0.5) is 5.69 Å². The summed E-state index contributed by atoms with van der Waals surface area (Å²) in [5.74, 6) is 0.0214. The van der Waals surface area contributed by atoms with Gasteiger partial charge in [0.25, 0.3) is 0 Å². The van der Waals surface area contributed by atoms with Crippen molar-refractivity contribution in [3.63, 3.8) is 0 Å². The van der Waals surface area contributed by atoms with Gasteiger partial charge in [-0.1, -0.05) is 12.1 Å². The van der Waals surface area contributed by atoms with E-state index in [0.29, 0.717) is 26.3 Å². The number of benzene rings is 1. The molecule has 2 N–H and O–H groups in total. The van der Waals surface area contributed by atoms with Gasteiger partial charge in [-0.3, -0.25) is 0 Å². The van der Waals surface area contributed by atoms with Crippen LogP contribution >= 0.6 is 0 Å². The van der Waals surface area contributed by atoms with Gasteiger partial charge in [-0.25, -0.2) is 8.42 Å². The largest absolute Gasteiger partial charge is 0.398 e. The molecule has 23 heavy (non-hydrogen) atoms. The maximum absolute atomic E-state index is 12.6. The Hall–Kier alpha value is -1.37. The highest BCUT2D eigenvalue weighted by molar-refractivity contribution is 7.88. The van der Waals surface area contributed by atoms with Crippen molar-refractivity contribution in [1.82, 2.24) is 4.31 Å². The Morgan fingerprint density at radius 3 is 2.65 bits per heavy atom. The van der Waals surface area contributed by atoms with Gasteiger partial charge in [0.2, 0.25) is 10.0 Å². The predicted molar refractivity (Wildman–Crippen MR) is 92.3 cm³/mol. The van der Waals surface area contributed by atoms with Gasteiger partial charge in [0.05, 0.1) is 19.0 Å². The van der Waals surface area contributed by atoms with Crippen molar-refractivity contribution < 1.29 is 13.2 Å². The Morgan fingerprint density at radius 1 is 1.17 bits per heavy atom. The SMILES string of the molecule is Nc1ccc(CS(=O)(=O)N2CCOCC2)cc1C1=CCCCC1. The van der Waals surface area contributed by atoms with E-state index in [1.54, 1.807) is 0 Å². The number of allylic oxidation sites excluding steroid dienone is 2. The first-order chi connectivity index (χ1) is 11.1. The molecular formula is C17H24N2O3S. The maximum Gasteiger partial charge on any atom is 0.218 e. The maximum atomic E-state index is 12.6. The lowest BCUT2D eigenvalue weighted by molar-refractivity contribution is 0.0729. The van der Waals surface area contributed by atoms with Crippen LogP contribution < -0.4 is 5.73 Å². The third-order valence-corrected chi connectivity index (χ3v) is 6.32. The second kappa shape index (κ2) is 7.03. The second-order valence-electron chi connectivity index (χ2n) is 6.16. The molecule has 3 rings (SSSR count). The molecule has 0 saturated carbocycles. The van der Waals surface area contributed by atoms with E-state index >= 15 is 0 Å². The number of sulfonamides is 1. The molecule has 5 nitrogen and oxygen atoms in total. The Morgan fingerprint density at radius 2 is 1.96 bits per heavy atom. The fourth-order valence-corrected chi connectivity index (χ4v) is 4.67. The van der Waals surface area contributed by atoms with E-state index in [0.717, 1.165) is 29.7 Å². The third kappa shape index (κ3) is 3.94. The molecule has 0 spiro atoms. The molecule has 0 amide bonds. The molecule has 0 aromatic heterocycles. The zero-order valence-corrected chi connectivity index (χ0v) is 14.1. The normalized spacial score (nSPS) is 20.3. The summed E-state index contributed by atoms with van der Waals surface area (Å²) in [5.41, 5.74) is 9.88. The van der Waals surface area contributed by atoms with Gasteiger partial charge in [-0.15, -0.1) is 0 Å². The number of anilines is 1. The number of nitrogens with zero attached hydrogens (tertiary/aromatic N) is 1. The molecular weight excluding hydrogens is 312 g/mol. The number of hydrogen-bond donors (Lipinski definition) is 1. The Kier molecular flexibility index (Phi) is 5.04. The first-order valence-electron chi connectivity index (χ1n) is 8.20. The van der Waals surface area contributed by atoms with Crippen LogP contribution in [-0.2, 0) is 20.5 Å². The highest BCUT2D eigenvalue weighted by atomic mass is 32.2. The third-order valence-electron chi connectivity index (χ3n) is 4.47. The first kappa shape index (κ1) is 16.5. The van der Waals surface area contributed by atoms with Gasteiger partial charge in [0.15, 0.2) is 0 Å². The molecule has 1 aromatic carbocycles. The van der Waals surface area contributed by atoms with Crippen molar-refractivity contribution in [3.8, 4) is 0 Å². The van der Waals surface area contributed by atoms with Gasteiger partial charge in [0.1, 0.15) is 0 Å². The van der Waals surface area contributed by atoms with Crippen LogP contribution in [0.3, 0.4) is 0 Å². The molecule has 0 unspecified atom stereocenters. The standard InChI is InChI=1S/C17H24N2O3S/c18-17-7-6-14(12-16(17)15-4-2-1-3-5-15)13-23(20,21)19-8-10-22-11-9-19/h4,6-7,12H,1-3,5,8-11,13,18H2. The van der Waals surface area contributed by atoms with Gasteiger partial charge >= 0.3 is 0 Å². The molecule has 1 saturated heterocycles. The lowest BCUT2D eigenvalue weighted by atomic mass is 9.92. The number of morpholine rings is 1. The van der Waals surface area contributed by atoms with E-state index in [1.807, 2.05) is 18.2 Å². The lowest BCUT2D eigenvalue weighted by Crippen LogP contribution is -2.41.